The molecule has 0 saturated carbocycles. The minimum Gasteiger partial charge on any atom is -0.481 e. The van der Waals surface area contributed by atoms with Crippen molar-refractivity contribution in [2.45, 2.75) is 46.6 Å². The smallest absolute Gasteiger partial charge is 0.407 e. The molecule has 1 heterocycles. The predicted octanol–water partition coefficient (Wildman–Crippen LogP) is 2.27. The third-order valence-electron chi connectivity index (χ3n) is 3.57. The van der Waals surface area contributed by atoms with Gasteiger partial charge in [-0.3, -0.25) is 4.79 Å². The zero-order valence-corrected chi connectivity index (χ0v) is 14.3. The van der Waals surface area contributed by atoms with Crippen molar-refractivity contribution in [2.24, 2.45) is 11.3 Å². The number of carboxylic acid groups (broad SMARTS) is 1. The van der Waals surface area contributed by atoms with E-state index in [-0.39, 0.29) is 18.9 Å². The Kier molecular flexibility index (Phi) is 6.06. The standard InChI is InChI=1S/C16H25N3O4/c1-11(2)16(13(20)21,9-12-17-7-6-8-18-12)10-19-14(22)23-15(3,4)5/h6-8,11H,9-10H2,1-5H3,(H,19,22)(H,20,21). The van der Waals surface area contributed by atoms with E-state index in [1.807, 2.05) is 0 Å². The van der Waals surface area contributed by atoms with Crippen molar-refractivity contribution in [3.8, 4) is 0 Å². The summed E-state index contributed by atoms with van der Waals surface area (Å²) in [6, 6.07) is 1.67. The van der Waals surface area contributed by atoms with Gasteiger partial charge in [-0.2, -0.15) is 0 Å². The maximum Gasteiger partial charge on any atom is 0.407 e. The lowest BCUT2D eigenvalue weighted by molar-refractivity contribution is -0.151. The Balaban J connectivity index is 2.92. The maximum atomic E-state index is 11.9. The molecule has 0 spiro atoms. The summed E-state index contributed by atoms with van der Waals surface area (Å²) in [5.74, 6) is -0.815. The highest BCUT2D eigenvalue weighted by atomic mass is 16.6. The topological polar surface area (TPSA) is 101 Å². The first-order chi connectivity index (χ1) is 10.6. The van der Waals surface area contributed by atoms with E-state index in [9.17, 15) is 14.7 Å². The Bertz CT molecular complexity index is 540. The highest BCUT2D eigenvalue weighted by Gasteiger charge is 2.43. The molecule has 23 heavy (non-hydrogen) atoms. The highest BCUT2D eigenvalue weighted by molar-refractivity contribution is 5.77. The van der Waals surface area contributed by atoms with E-state index in [0.29, 0.717) is 5.82 Å². The Morgan fingerprint density at radius 1 is 1.26 bits per heavy atom. The summed E-state index contributed by atoms with van der Waals surface area (Å²) in [4.78, 5) is 32.0. The van der Waals surface area contributed by atoms with Gasteiger partial charge in [-0.1, -0.05) is 13.8 Å². The van der Waals surface area contributed by atoms with Crippen molar-refractivity contribution in [1.82, 2.24) is 15.3 Å². The summed E-state index contributed by atoms with van der Waals surface area (Å²) in [7, 11) is 0. The molecular weight excluding hydrogens is 298 g/mol. The molecule has 0 aliphatic carbocycles. The number of rotatable bonds is 6. The molecule has 1 aromatic rings. The molecule has 0 saturated heterocycles. The predicted molar refractivity (Wildman–Crippen MR) is 84.9 cm³/mol. The van der Waals surface area contributed by atoms with Crippen LogP contribution in [-0.2, 0) is 16.0 Å². The molecule has 1 rings (SSSR count). The molecule has 1 atom stereocenters. The number of nitrogens with zero attached hydrogens (tertiary/aromatic N) is 2. The first kappa shape index (κ1) is 18.9. The van der Waals surface area contributed by atoms with Gasteiger partial charge in [0.2, 0.25) is 0 Å². The fraction of sp³-hybridized carbons (Fsp3) is 0.625. The van der Waals surface area contributed by atoms with Crippen LogP contribution in [-0.4, -0.2) is 39.3 Å². The number of aromatic nitrogens is 2. The highest BCUT2D eigenvalue weighted by Crippen LogP contribution is 2.31. The van der Waals surface area contributed by atoms with Crippen molar-refractivity contribution < 1.29 is 19.4 Å². The maximum absolute atomic E-state index is 11.9. The Morgan fingerprint density at radius 2 is 1.83 bits per heavy atom. The Morgan fingerprint density at radius 3 is 2.26 bits per heavy atom. The van der Waals surface area contributed by atoms with E-state index in [4.69, 9.17) is 4.74 Å². The fourth-order valence-corrected chi connectivity index (χ4v) is 2.12. The molecule has 7 heteroatoms. The van der Waals surface area contributed by atoms with Gasteiger partial charge in [0.25, 0.3) is 0 Å². The largest absolute Gasteiger partial charge is 0.481 e. The lowest BCUT2D eigenvalue weighted by atomic mass is 9.74. The van der Waals surface area contributed by atoms with Gasteiger partial charge in [0.05, 0.1) is 5.41 Å². The minimum atomic E-state index is -1.21. The van der Waals surface area contributed by atoms with E-state index in [1.165, 1.54) is 0 Å². The van der Waals surface area contributed by atoms with Crippen LogP contribution in [0.25, 0.3) is 0 Å². The lowest BCUT2D eigenvalue weighted by Crippen LogP contribution is -2.49. The molecule has 7 nitrogen and oxygen atoms in total. The molecule has 1 aromatic heterocycles. The van der Waals surface area contributed by atoms with E-state index in [2.05, 4.69) is 15.3 Å². The summed E-state index contributed by atoms with van der Waals surface area (Å²) in [5.41, 5.74) is -1.85. The number of hydrogen-bond donors (Lipinski definition) is 2. The average Bonchev–Trinajstić information content (AvgIpc) is 2.42. The lowest BCUT2D eigenvalue weighted by Gasteiger charge is -2.33. The minimum absolute atomic E-state index is 0.0623. The van der Waals surface area contributed by atoms with Gasteiger partial charge in [-0.05, 0) is 32.8 Å². The van der Waals surface area contributed by atoms with Crippen molar-refractivity contribution >= 4 is 12.1 Å². The summed E-state index contributed by atoms with van der Waals surface area (Å²) in [6.07, 6.45) is 2.61. The van der Waals surface area contributed by atoms with Crippen LogP contribution in [0.5, 0.6) is 0 Å². The van der Waals surface area contributed by atoms with Crippen LogP contribution in [0.2, 0.25) is 0 Å². The van der Waals surface area contributed by atoms with Gasteiger partial charge in [-0.25, -0.2) is 14.8 Å². The average molecular weight is 323 g/mol. The molecule has 128 valence electrons. The number of hydrogen-bond acceptors (Lipinski definition) is 5. The number of carbonyl (C=O) groups excluding carboxylic acids is 1. The van der Waals surface area contributed by atoms with Crippen molar-refractivity contribution in [3.63, 3.8) is 0 Å². The van der Waals surface area contributed by atoms with Crippen LogP contribution in [0, 0.1) is 11.3 Å². The molecule has 1 amide bonds. The number of carbonyl (C=O) groups is 2. The third kappa shape index (κ3) is 5.50. The van der Waals surface area contributed by atoms with Gasteiger partial charge in [0.15, 0.2) is 0 Å². The van der Waals surface area contributed by atoms with Crippen molar-refractivity contribution in [3.05, 3.63) is 24.3 Å². The molecule has 1 unspecified atom stereocenters. The molecular formula is C16H25N3O4. The number of alkyl carbamates (subject to hydrolysis) is 1. The summed E-state index contributed by atoms with van der Waals surface area (Å²) < 4.78 is 5.17. The van der Waals surface area contributed by atoms with Crippen LogP contribution >= 0.6 is 0 Å². The van der Waals surface area contributed by atoms with E-state index in [0.717, 1.165) is 0 Å². The van der Waals surface area contributed by atoms with Crippen molar-refractivity contribution in [2.75, 3.05) is 6.54 Å². The molecule has 0 bridgehead atoms. The molecule has 0 aliphatic rings. The number of nitrogens with one attached hydrogen (secondary N) is 1. The summed E-state index contributed by atoms with van der Waals surface area (Å²) in [5, 5.41) is 12.3. The number of carboxylic acids is 1. The van der Waals surface area contributed by atoms with E-state index >= 15 is 0 Å². The van der Waals surface area contributed by atoms with Crippen molar-refractivity contribution in [1.29, 1.82) is 0 Å². The number of ether oxygens (including phenoxy) is 1. The van der Waals surface area contributed by atoms with Crippen LogP contribution in [0.1, 0.15) is 40.4 Å². The summed E-state index contributed by atoms with van der Waals surface area (Å²) in [6.45, 7) is 8.78. The molecule has 0 radical (unpaired) electrons. The van der Waals surface area contributed by atoms with Gasteiger partial charge in [0, 0.05) is 25.4 Å². The second-order valence-electron chi connectivity index (χ2n) is 6.81. The van der Waals surface area contributed by atoms with Crippen LogP contribution in [0.15, 0.2) is 18.5 Å². The summed E-state index contributed by atoms with van der Waals surface area (Å²) >= 11 is 0. The normalized spacial score (nSPS) is 14.2. The van der Waals surface area contributed by atoms with E-state index in [1.54, 1.807) is 53.1 Å². The molecule has 0 fully saturated rings. The van der Waals surface area contributed by atoms with Gasteiger partial charge < -0.3 is 15.2 Å². The number of aliphatic carboxylic acids is 1. The van der Waals surface area contributed by atoms with E-state index < -0.39 is 23.1 Å². The third-order valence-corrected chi connectivity index (χ3v) is 3.57. The second kappa shape index (κ2) is 7.39. The fourth-order valence-electron chi connectivity index (χ4n) is 2.12. The number of amides is 1. The molecule has 0 aromatic carbocycles. The zero-order chi connectivity index (χ0) is 17.7. The SMILES string of the molecule is CC(C)C(CNC(=O)OC(C)(C)C)(Cc1ncccn1)C(=O)O. The molecule has 0 aliphatic heterocycles. The van der Waals surface area contributed by atoms with Gasteiger partial charge in [0.1, 0.15) is 11.4 Å². The van der Waals surface area contributed by atoms with Gasteiger partial charge in [-0.15, -0.1) is 0 Å². The van der Waals surface area contributed by atoms with Crippen LogP contribution in [0.3, 0.4) is 0 Å². The Hall–Kier alpha value is -2.18. The quantitative estimate of drug-likeness (QED) is 0.832. The first-order valence-electron chi connectivity index (χ1n) is 7.53. The first-order valence-corrected chi connectivity index (χ1v) is 7.53. The zero-order valence-electron chi connectivity index (χ0n) is 14.3. The second-order valence-corrected chi connectivity index (χ2v) is 6.81. The monoisotopic (exact) mass is 323 g/mol. The van der Waals surface area contributed by atoms with Crippen LogP contribution < -0.4 is 5.32 Å². The van der Waals surface area contributed by atoms with Crippen LogP contribution in [0.4, 0.5) is 4.79 Å². The van der Waals surface area contributed by atoms with Gasteiger partial charge >= 0.3 is 12.1 Å². The Labute approximate surface area is 136 Å². The molecule has 2 N–H and O–H groups in total.